The van der Waals surface area contributed by atoms with E-state index in [-0.39, 0.29) is 19.0 Å². The van der Waals surface area contributed by atoms with Crippen molar-refractivity contribution in [1.82, 2.24) is 14.4 Å². The van der Waals surface area contributed by atoms with Crippen LogP contribution in [0.3, 0.4) is 0 Å². The van der Waals surface area contributed by atoms with Crippen molar-refractivity contribution in [3.8, 4) is 17.1 Å². The Bertz CT molecular complexity index is 1080. The monoisotopic (exact) mass is 415 g/mol. The molecule has 29 heavy (non-hydrogen) atoms. The summed E-state index contributed by atoms with van der Waals surface area (Å²) >= 11 is 0. The number of hydrogen-bond donors (Lipinski definition) is 0. The minimum absolute atomic E-state index is 0.00868. The van der Waals surface area contributed by atoms with Crippen LogP contribution < -0.4 is 4.74 Å². The van der Waals surface area contributed by atoms with Gasteiger partial charge in [0.25, 0.3) is 0 Å². The molecule has 0 atom stereocenters. The van der Waals surface area contributed by atoms with E-state index in [0.717, 1.165) is 28.0 Å². The number of ether oxygens (including phenoxy) is 1. The molecule has 0 saturated carbocycles. The molecule has 0 radical (unpaired) electrons. The summed E-state index contributed by atoms with van der Waals surface area (Å²) in [6, 6.07) is 11.0. The van der Waals surface area contributed by atoms with Gasteiger partial charge in [0.15, 0.2) is 0 Å². The molecule has 0 aliphatic rings. The quantitative estimate of drug-likeness (QED) is 0.582. The normalized spacial score (nSPS) is 11.8. The second-order valence-corrected chi connectivity index (χ2v) is 8.77. The average molecular weight is 416 g/mol. The molecule has 8 heteroatoms. The van der Waals surface area contributed by atoms with Gasteiger partial charge in [-0.15, -0.1) is 0 Å². The van der Waals surface area contributed by atoms with Crippen LogP contribution in [0.5, 0.6) is 5.75 Å². The van der Waals surface area contributed by atoms with Crippen molar-refractivity contribution in [3.63, 3.8) is 0 Å². The first-order valence-corrected chi connectivity index (χ1v) is 10.7. The Labute approximate surface area is 171 Å². The van der Waals surface area contributed by atoms with Crippen LogP contribution >= 0.6 is 0 Å². The molecular weight excluding hydrogens is 390 g/mol. The largest absolute Gasteiger partial charge is 0.497 e. The first kappa shape index (κ1) is 21.0. The van der Waals surface area contributed by atoms with Crippen LogP contribution in [-0.2, 0) is 16.6 Å². The summed E-state index contributed by atoms with van der Waals surface area (Å²) in [6.45, 7) is 7.67. The second kappa shape index (κ2) is 8.34. The molecule has 154 valence electrons. The van der Waals surface area contributed by atoms with Gasteiger partial charge >= 0.3 is 0 Å². The summed E-state index contributed by atoms with van der Waals surface area (Å²) in [7, 11) is -2.11. The average Bonchev–Trinajstić information content (AvgIpc) is 3.13. The van der Waals surface area contributed by atoms with E-state index in [2.05, 4.69) is 10.1 Å². The van der Waals surface area contributed by atoms with Gasteiger partial charge in [-0.25, -0.2) is 8.42 Å². The number of rotatable bonds is 7. The summed E-state index contributed by atoms with van der Waals surface area (Å²) in [5.74, 6) is 1.37. The molecule has 0 fully saturated rings. The number of aryl methyl sites for hydroxylation is 3. The van der Waals surface area contributed by atoms with Crippen molar-refractivity contribution in [3.05, 3.63) is 59.0 Å². The second-order valence-electron chi connectivity index (χ2n) is 6.90. The molecule has 3 rings (SSSR count). The van der Waals surface area contributed by atoms with Gasteiger partial charge < -0.3 is 9.26 Å². The Hall–Kier alpha value is -2.71. The molecule has 0 aliphatic heterocycles. The number of aromatic nitrogens is 2. The van der Waals surface area contributed by atoms with Gasteiger partial charge in [0.2, 0.25) is 21.7 Å². The highest BCUT2D eigenvalue weighted by atomic mass is 32.2. The van der Waals surface area contributed by atoms with E-state index >= 15 is 0 Å². The van der Waals surface area contributed by atoms with Crippen molar-refractivity contribution in [2.75, 3.05) is 13.7 Å². The predicted molar refractivity (Wildman–Crippen MR) is 110 cm³/mol. The lowest BCUT2D eigenvalue weighted by Gasteiger charge is -2.21. The Morgan fingerprint density at radius 1 is 1.07 bits per heavy atom. The van der Waals surface area contributed by atoms with Crippen LogP contribution in [0.25, 0.3) is 11.4 Å². The standard InChI is InChI=1S/C21H25N3O4S/c1-6-24(29(25,26)20-15(3)11-14(2)12-16(20)4)13-19-22-21(23-28-19)17-7-9-18(27-5)10-8-17/h7-12H,6,13H2,1-5H3. The minimum Gasteiger partial charge on any atom is -0.497 e. The molecule has 0 unspecified atom stereocenters. The first-order valence-electron chi connectivity index (χ1n) is 9.31. The van der Waals surface area contributed by atoms with E-state index in [9.17, 15) is 8.42 Å². The van der Waals surface area contributed by atoms with Crippen molar-refractivity contribution < 1.29 is 17.7 Å². The Kier molecular flexibility index (Phi) is 6.04. The molecule has 0 spiro atoms. The van der Waals surface area contributed by atoms with Gasteiger partial charge in [-0.2, -0.15) is 9.29 Å². The van der Waals surface area contributed by atoms with Gasteiger partial charge in [0, 0.05) is 12.1 Å². The van der Waals surface area contributed by atoms with Crippen LogP contribution in [0.4, 0.5) is 0 Å². The lowest BCUT2D eigenvalue weighted by Crippen LogP contribution is -2.31. The topological polar surface area (TPSA) is 85.5 Å². The van der Waals surface area contributed by atoms with Crippen LogP contribution in [0.1, 0.15) is 29.5 Å². The highest BCUT2D eigenvalue weighted by molar-refractivity contribution is 7.89. The molecule has 0 N–H and O–H groups in total. The number of methoxy groups -OCH3 is 1. The van der Waals surface area contributed by atoms with Crippen molar-refractivity contribution in [2.45, 2.75) is 39.1 Å². The maximum atomic E-state index is 13.3. The number of nitrogens with zero attached hydrogens (tertiary/aromatic N) is 3. The van der Waals surface area contributed by atoms with Gasteiger partial charge in [0.1, 0.15) is 5.75 Å². The first-order chi connectivity index (χ1) is 13.8. The summed E-state index contributed by atoms with van der Waals surface area (Å²) < 4.78 is 38.4. The Morgan fingerprint density at radius 2 is 1.69 bits per heavy atom. The van der Waals surface area contributed by atoms with E-state index in [0.29, 0.717) is 10.7 Å². The summed E-state index contributed by atoms with van der Waals surface area (Å²) in [5.41, 5.74) is 3.25. The zero-order valence-corrected chi connectivity index (χ0v) is 18.1. The highest BCUT2D eigenvalue weighted by Crippen LogP contribution is 2.27. The summed E-state index contributed by atoms with van der Waals surface area (Å²) in [5, 5.41) is 3.98. The molecule has 0 amide bonds. The van der Waals surface area contributed by atoms with Gasteiger partial charge in [0.05, 0.1) is 18.6 Å². The smallest absolute Gasteiger partial charge is 0.244 e. The minimum atomic E-state index is -3.70. The lowest BCUT2D eigenvalue weighted by molar-refractivity contribution is 0.321. The molecule has 0 aliphatic carbocycles. The van der Waals surface area contributed by atoms with E-state index < -0.39 is 10.0 Å². The number of hydrogen-bond acceptors (Lipinski definition) is 6. The zero-order chi connectivity index (χ0) is 21.2. The molecule has 2 aromatic carbocycles. The van der Waals surface area contributed by atoms with E-state index in [1.165, 1.54) is 4.31 Å². The SMILES string of the molecule is CCN(Cc1nc(-c2ccc(OC)cc2)no1)S(=O)(=O)c1c(C)cc(C)cc1C. The van der Waals surface area contributed by atoms with Crippen molar-refractivity contribution in [1.29, 1.82) is 0 Å². The third kappa shape index (κ3) is 4.33. The molecule has 1 aromatic heterocycles. The third-order valence-electron chi connectivity index (χ3n) is 4.68. The molecular formula is C21H25N3O4S. The van der Waals surface area contributed by atoms with Crippen LogP contribution in [-0.4, -0.2) is 36.5 Å². The molecule has 1 heterocycles. The number of sulfonamides is 1. The Morgan fingerprint density at radius 3 is 2.24 bits per heavy atom. The maximum Gasteiger partial charge on any atom is 0.244 e. The molecule has 7 nitrogen and oxygen atoms in total. The Balaban J connectivity index is 1.87. The fraction of sp³-hybridized carbons (Fsp3) is 0.333. The maximum absolute atomic E-state index is 13.3. The third-order valence-corrected chi connectivity index (χ3v) is 6.91. The van der Waals surface area contributed by atoms with Crippen LogP contribution in [0.2, 0.25) is 0 Å². The van der Waals surface area contributed by atoms with Gasteiger partial charge in [-0.05, 0) is 56.2 Å². The summed E-state index contributed by atoms with van der Waals surface area (Å²) in [6.07, 6.45) is 0. The fourth-order valence-electron chi connectivity index (χ4n) is 3.40. The zero-order valence-electron chi connectivity index (χ0n) is 17.3. The van der Waals surface area contributed by atoms with Crippen LogP contribution in [0, 0.1) is 20.8 Å². The van der Waals surface area contributed by atoms with E-state index in [1.54, 1.807) is 26.2 Å². The highest BCUT2D eigenvalue weighted by Gasteiger charge is 2.28. The van der Waals surface area contributed by atoms with Crippen molar-refractivity contribution in [2.24, 2.45) is 0 Å². The van der Waals surface area contributed by atoms with E-state index in [1.807, 2.05) is 45.0 Å². The predicted octanol–water partition coefficient (Wildman–Crippen LogP) is 3.88. The fourth-order valence-corrected chi connectivity index (χ4v) is 5.21. The van der Waals surface area contributed by atoms with Gasteiger partial charge in [-0.1, -0.05) is 29.8 Å². The van der Waals surface area contributed by atoms with Crippen molar-refractivity contribution >= 4 is 10.0 Å². The van der Waals surface area contributed by atoms with Gasteiger partial charge in [-0.3, -0.25) is 0 Å². The lowest BCUT2D eigenvalue weighted by atomic mass is 10.1. The summed E-state index contributed by atoms with van der Waals surface area (Å²) in [4.78, 5) is 4.70. The number of benzene rings is 2. The molecule has 3 aromatic rings. The molecule has 0 bridgehead atoms. The molecule has 0 saturated heterocycles. The van der Waals surface area contributed by atoms with Crippen LogP contribution in [0.15, 0.2) is 45.8 Å². The van der Waals surface area contributed by atoms with E-state index in [4.69, 9.17) is 9.26 Å².